The first-order chi connectivity index (χ1) is 31.9. The van der Waals surface area contributed by atoms with Crippen LogP contribution in [0, 0.1) is 24.0 Å². The number of anilines is 5. The van der Waals surface area contributed by atoms with Crippen LogP contribution >= 0.6 is 11.3 Å². The maximum absolute atomic E-state index is 13.6. The first kappa shape index (κ1) is 47.3. The van der Waals surface area contributed by atoms with Crippen LogP contribution in [0.4, 0.5) is 33.3 Å². The molecule has 5 heterocycles. The zero-order valence-corrected chi connectivity index (χ0v) is 38.4. The normalized spacial score (nSPS) is 14.3. The Morgan fingerprint density at radius 2 is 1.59 bits per heavy atom. The lowest BCUT2D eigenvalue weighted by molar-refractivity contribution is -0.380. The molecular formula is C46H56N12O7S. The number of nitrogens with zero attached hydrogens (tertiary/aromatic N) is 8. The number of carbonyl (C=O) groups excluding carboxylic acids is 4. The molecular weight excluding hydrogens is 865 g/mol. The number of para-hydroxylation sites is 1. The number of aryl methyl sites for hydroxylation is 2. The lowest BCUT2D eigenvalue weighted by Crippen LogP contribution is -2.49. The zero-order chi connectivity index (χ0) is 46.7. The van der Waals surface area contributed by atoms with Crippen molar-refractivity contribution in [1.82, 2.24) is 34.7 Å². The van der Waals surface area contributed by atoms with E-state index < -0.39 is 10.8 Å². The van der Waals surface area contributed by atoms with Gasteiger partial charge in [-0.3, -0.25) is 48.9 Å². The highest BCUT2D eigenvalue weighted by atomic mass is 32.1. The number of piperazine rings is 1. The number of Topliss-reactive ketones (excluding diaryl/α,β-unsaturated/α-hetero) is 1. The zero-order valence-electron chi connectivity index (χ0n) is 37.6. The lowest BCUT2D eigenvalue weighted by atomic mass is 10.0. The van der Waals surface area contributed by atoms with E-state index in [1.165, 1.54) is 13.8 Å². The number of benzene rings is 1. The fraction of sp³-hybridized carbons (Fsp3) is 0.457. The van der Waals surface area contributed by atoms with E-state index in [-0.39, 0.29) is 56.2 Å². The van der Waals surface area contributed by atoms with E-state index in [0.717, 1.165) is 101 Å². The van der Waals surface area contributed by atoms with Crippen molar-refractivity contribution < 1.29 is 24.1 Å². The molecule has 4 aromatic heterocycles. The van der Waals surface area contributed by atoms with Gasteiger partial charge in [0.2, 0.25) is 17.8 Å². The van der Waals surface area contributed by atoms with E-state index in [1.807, 2.05) is 12.1 Å². The summed E-state index contributed by atoms with van der Waals surface area (Å²) in [7, 11) is 0. The van der Waals surface area contributed by atoms with Gasteiger partial charge < -0.3 is 20.9 Å². The van der Waals surface area contributed by atoms with Crippen molar-refractivity contribution in [2.75, 3.05) is 60.1 Å². The summed E-state index contributed by atoms with van der Waals surface area (Å²) in [4.78, 5) is 97.3. The summed E-state index contributed by atoms with van der Waals surface area (Å²) in [5, 5.41) is 23.4. The summed E-state index contributed by atoms with van der Waals surface area (Å²) in [6.07, 6.45) is 13.0. The van der Waals surface area contributed by atoms with Gasteiger partial charge in [0.25, 0.3) is 11.5 Å². The molecule has 2 fully saturated rings. The van der Waals surface area contributed by atoms with Crippen LogP contribution in [0.15, 0.2) is 53.6 Å². The number of aromatic nitrogens is 5. The summed E-state index contributed by atoms with van der Waals surface area (Å²) in [6, 6.07) is 10.4. The van der Waals surface area contributed by atoms with Crippen LogP contribution in [0.3, 0.4) is 0 Å². The molecule has 0 spiro atoms. The Morgan fingerprint density at radius 1 is 0.864 bits per heavy atom. The Labute approximate surface area is 386 Å². The highest BCUT2D eigenvalue weighted by Gasteiger charge is 2.27. The molecule has 1 aliphatic carbocycles. The Bertz CT molecular complexity index is 2640. The minimum absolute atomic E-state index is 0.00638. The molecule has 2 aliphatic rings. The van der Waals surface area contributed by atoms with Gasteiger partial charge in [-0.2, -0.15) is 4.98 Å². The van der Waals surface area contributed by atoms with E-state index in [4.69, 9.17) is 4.98 Å². The number of carbonyl (C=O) groups is 4. The van der Waals surface area contributed by atoms with Gasteiger partial charge in [0, 0.05) is 56.8 Å². The van der Waals surface area contributed by atoms with Crippen molar-refractivity contribution in [2.24, 2.45) is 0 Å². The van der Waals surface area contributed by atoms with E-state index >= 15 is 0 Å². The lowest BCUT2D eigenvalue weighted by Gasteiger charge is -2.35. The Balaban J connectivity index is 0.762. The summed E-state index contributed by atoms with van der Waals surface area (Å²) in [6.45, 7) is 8.66. The topological polar surface area (TPSA) is 240 Å². The van der Waals surface area contributed by atoms with Crippen molar-refractivity contribution >= 4 is 79.1 Å². The van der Waals surface area contributed by atoms with Crippen LogP contribution in [0.5, 0.6) is 0 Å². The van der Waals surface area contributed by atoms with Crippen molar-refractivity contribution in [3.05, 3.63) is 91.6 Å². The average Bonchev–Trinajstić information content (AvgIpc) is 3.96. The number of unbranched alkanes of at least 4 members (excludes halogenated alkanes) is 5. The standard InChI is InChI=1S/C46H56N12O7S/c1-29-35-27-49-45(53-41(35)57(32-14-9-10-15-32)43(63)40(29)31(3)59)52-37-20-19-33(26-48-37)56-24-22-55(23-25-56)28-39(61)47-21-13-7-5-4-6-8-18-38(60)51-36-17-12-11-16-34(36)42(62)54-46-50-30(2)44(66-46)58(64)65/h11-12,16-17,19-20,26-27,32H,4-10,13-15,18,21-25,28H2,1-3H3,(H,47,61)(H,51,60)(H,50,54,62)(H,48,49,52,53). The molecule has 19 nitrogen and oxygen atoms in total. The van der Waals surface area contributed by atoms with Crippen LogP contribution < -0.4 is 31.7 Å². The monoisotopic (exact) mass is 920 g/mol. The van der Waals surface area contributed by atoms with Crippen LogP contribution in [-0.4, -0.2) is 97.1 Å². The van der Waals surface area contributed by atoms with E-state index in [1.54, 1.807) is 48.1 Å². The minimum atomic E-state index is -0.540. The third kappa shape index (κ3) is 11.8. The summed E-state index contributed by atoms with van der Waals surface area (Å²) in [5.74, 6) is -0.0879. The van der Waals surface area contributed by atoms with Gasteiger partial charge in [0.1, 0.15) is 17.2 Å². The van der Waals surface area contributed by atoms with Crippen LogP contribution in [-0.2, 0) is 9.59 Å². The number of hydrogen-bond acceptors (Lipinski definition) is 15. The molecule has 1 saturated heterocycles. The summed E-state index contributed by atoms with van der Waals surface area (Å²) >= 11 is 0.777. The molecule has 0 unspecified atom stereocenters. The van der Waals surface area contributed by atoms with Gasteiger partial charge in [-0.1, -0.05) is 50.7 Å². The molecule has 66 heavy (non-hydrogen) atoms. The van der Waals surface area contributed by atoms with Crippen molar-refractivity contribution in [3.8, 4) is 0 Å². The number of thiazole rings is 1. The number of rotatable bonds is 20. The second kappa shape index (κ2) is 22.0. The highest BCUT2D eigenvalue weighted by Crippen LogP contribution is 2.33. The molecule has 20 heteroatoms. The molecule has 5 aromatic rings. The minimum Gasteiger partial charge on any atom is -0.368 e. The van der Waals surface area contributed by atoms with Gasteiger partial charge in [-0.15, -0.1) is 0 Å². The van der Waals surface area contributed by atoms with E-state index in [9.17, 15) is 34.1 Å². The molecule has 3 amide bonds. The van der Waals surface area contributed by atoms with Gasteiger partial charge in [0.15, 0.2) is 10.9 Å². The van der Waals surface area contributed by atoms with E-state index in [2.05, 4.69) is 46.0 Å². The summed E-state index contributed by atoms with van der Waals surface area (Å²) in [5.41, 5.74) is 2.81. The smallest absolute Gasteiger partial charge is 0.348 e. The predicted molar refractivity (Wildman–Crippen MR) is 254 cm³/mol. The molecule has 1 aromatic carbocycles. The average molecular weight is 921 g/mol. The van der Waals surface area contributed by atoms with Gasteiger partial charge in [0.05, 0.1) is 40.2 Å². The molecule has 0 atom stereocenters. The fourth-order valence-corrected chi connectivity index (χ4v) is 9.39. The Hall–Kier alpha value is -6.67. The molecule has 1 aliphatic heterocycles. The third-order valence-electron chi connectivity index (χ3n) is 12.1. The molecule has 4 N–H and O–H groups in total. The first-order valence-electron chi connectivity index (χ1n) is 22.6. The van der Waals surface area contributed by atoms with Crippen LogP contribution in [0.2, 0.25) is 0 Å². The molecule has 0 radical (unpaired) electrons. The number of nitrogens with one attached hydrogen (secondary N) is 4. The maximum atomic E-state index is 13.6. The maximum Gasteiger partial charge on any atom is 0.348 e. The second-order valence-electron chi connectivity index (χ2n) is 16.8. The number of pyridine rings is 2. The molecule has 348 valence electrons. The molecule has 0 bridgehead atoms. The number of ketones is 1. The number of amides is 3. The Morgan fingerprint density at radius 3 is 2.29 bits per heavy atom. The SMILES string of the molecule is CC(=O)c1c(C)c2cnc(Nc3ccc(N4CCN(CC(=O)NCCCCCCCCC(=O)Nc5ccccc5C(=O)Nc5nc(C)c([N+](=O)[O-])s5)CC4)cn3)nc2n(C2CCCC2)c1=O. The molecule has 7 rings (SSSR count). The van der Waals surface area contributed by atoms with Crippen molar-refractivity contribution in [2.45, 2.75) is 97.4 Å². The van der Waals surface area contributed by atoms with Gasteiger partial charge in [-0.05, 0) is 87.6 Å². The largest absolute Gasteiger partial charge is 0.368 e. The summed E-state index contributed by atoms with van der Waals surface area (Å²) < 4.78 is 1.70. The number of fused-ring (bicyclic) bond motifs is 1. The third-order valence-corrected chi connectivity index (χ3v) is 13.1. The van der Waals surface area contributed by atoms with Crippen molar-refractivity contribution in [3.63, 3.8) is 0 Å². The van der Waals surface area contributed by atoms with Crippen molar-refractivity contribution in [1.29, 1.82) is 0 Å². The van der Waals surface area contributed by atoms with E-state index in [0.29, 0.717) is 60.0 Å². The van der Waals surface area contributed by atoms with Gasteiger partial charge >= 0.3 is 5.00 Å². The van der Waals surface area contributed by atoms with Crippen LogP contribution in [0.1, 0.15) is 116 Å². The predicted octanol–water partition coefficient (Wildman–Crippen LogP) is 7.09. The van der Waals surface area contributed by atoms with Gasteiger partial charge in [-0.25, -0.2) is 15.0 Å². The second-order valence-corrected chi connectivity index (χ2v) is 17.8. The quantitative estimate of drug-likeness (QED) is 0.0264. The number of nitro groups is 1. The fourth-order valence-electron chi connectivity index (χ4n) is 8.62. The highest BCUT2D eigenvalue weighted by molar-refractivity contribution is 7.19. The van der Waals surface area contributed by atoms with Crippen LogP contribution in [0.25, 0.3) is 11.0 Å². The Kier molecular flexibility index (Phi) is 15.8. The number of hydrogen-bond donors (Lipinski definition) is 4. The molecule has 1 saturated carbocycles. The first-order valence-corrected chi connectivity index (χ1v) is 23.4.